The van der Waals surface area contributed by atoms with Crippen LogP contribution in [0.3, 0.4) is 0 Å². The van der Waals surface area contributed by atoms with Gasteiger partial charge >= 0.3 is 6.18 Å². The van der Waals surface area contributed by atoms with E-state index in [0.29, 0.717) is 22.8 Å². The van der Waals surface area contributed by atoms with E-state index in [9.17, 15) is 18.0 Å². The van der Waals surface area contributed by atoms with E-state index in [0.717, 1.165) is 12.1 Å². The van der Waals surface area contributed by atoms with Crippen LogP contribution in [0.4, 0.5) is 24.8 Å². The summed E-state index contributed by atoms with van der Waals surface area (Å²) in [6, 6.07) is 7.83. The lowest BCUT2D eigenvalue weighted by Gasteiger charge is -2.10. The second-order valence-electron chi connectivity index (χ2n) is 5.53. The van der Waals surface area contributed by atoms with Crippen LogP contribution >= 0.6 is 0 Å². The van der Waals surface area contributed by atoms with Gasteiger partial charge in [-0.25, -0.2) is 9.97 Å². The minimum Gasteiger partial charge on any atom is -0.348 e. The molecular weight excluding hydrogens is 359 g/mol. The molecule has 0 atom stereocenters. The molecule has 27 heavy (non-hydrogen) atoms. The molecule has 2 N–H and O–H groups in total. The van der Waals surface area contributed by atoms with Crippen molar-refractivity contribution in [1.82, 2.24) is 20.3 Å². The first-order valence-corrected chi connectivity index (χ1v) is 7.85. The van der Waals surface area contributed by atoms with Crippen molar-refractivity contribution in [3.05, 3.63) is 77.9 Å². The molecule has 0 fully saturated rings. The highest BCUT2D eigenvalue weighted by molar-refractivity contribution is 5.94. The number of nitrogens with one attached hydrogen (secondary N) is 2. The maximum absolute atomic E-state index is 12.7. The van der Waals surface area contributed by atoms with Crippen LogP contribution in [0.15, 0.2) is 61.2 Å². The number of amides is 1. The molecule has 0 spiro atoms. The van der Waals surface area contributed by atoms with E-state index in [4.69, 9.17) is 0 Å². The summed E-state index contributed by atoms with van der Waals surface area (Å²) in [5.74, 6) is 0.422. The maximum Gasteiger partial charge on any atom is 0.416 e. The molecule has 0 aliphatic heterocycles. The molecule has 9 heteroatoms. The Labute approximate surface area is 152 Å². The largest absolute Gasteiger partial charge is 0.416 e. The third-order valence-electron chi connectivity index (χ3n) is 3.55. The number of pyridine rings is 1. The van der Waals surface area contributed by atoms with Gasteiger partial charge in [-0.05, 0) is 29.8 Å². The molecule has 0 unspecified atom stereocenters. The van der Waals surface area contributed by atoms with Crippen LogP contribution in [0.2, 0.25) is 0 Å². The van der Waals surface area contributed by atoms with Gasteiger partial charge in [-0.2, -0.15) is 13.2 Å². The summed E-state index contributed by atoms with van der Waals surface area (Å²) >= 11 is 0. The van der Waals surface area contributed by atoms with Crippen LogP contribution in [0.1, 0.15) is 21.5 Å². The van der Waals surface area contributed by atoms with Crippen LogP contribution in [0, 0.1) is 0 Å². The fraction of sp³-hybridized carbons (Fsp3) is 0.111. The zero-order valence-electron chi connectivity index (χ0n) is 13.9. The lowest BCUT2D eigenvalue weighted by molar-refractivity contribution is -0.137. The molecule has 3 rings (SSSR count). The predicted octanol–water partition coefficient (Wildman–Crippen LogP) is 3.56. The van der Waals surface area contributed by atoms with Crippen molar-refractivity contribution >= 4 is 17.5 Å². The summed E-state index contributed by atoms with van der Waals surface area (Å²) in [6.07, 6.45) is 1.55. The summed E-state index contributed by atoms with van der Waals surface area (Å²) in [6.45, 7) is -0.0298. The Hall–Kier alpha value is -3.49. The number of nitrogens with zero attached hydrogens (tertiary/aromatic N) is 3. The van der Waals surface area contributed by atoms with E-state index < -0.39 is 17.6 Å². The maximum atomic E-state index is 12.7. The molecule has 2 aromatic heterocycles. The molecule has 2 heterocycles. The van der Waals surface area contributed by atoms with Crippen molar-refractivity contribution in [2.45, 2.75) is 12.7 Å². The Morgan fingerprint density at radius 3 is 2.56 bits per heavy atom. The van der Waals surface area contributed by atoms with Gasteiger partial charge in [-0.15, -0.1) is 0 Å². The fourth-order valence-electron chi connectivity index (χ4n) is 2.28. The van der Waals surface area contributed by atoms with Gasteiger partial charge < -0.3 is 10.6 Å². The average Bonchev–Trinajstić information content (AvgIpc) is 2.67. The summed E-state index contributed by atoms with van der Waals surface area (Å²) in [5, 5.41) is 5.50. The summed E-state index contributed by atoms with van der Waals surface area (Å²) in [7, 11) is 0. The van der Waals surface area contributed by atoms with Crippen molar-refractivity contribution in [2.75, 3.05) is 5.32 Å². The molecule has 3 aromatic rings. The first-order chi connectivity index (χ1) is 12.9. The van der Waals surface area contributed by atoms with Crippen LogP contribution in [0.25, 0.3) is 0 Å². The molecule has 0 aliphatic rings. The van der Waals surface area contributed by atoms with Gasteiger partial charge in [-0.1, -0.05) is 12.1 Å². The van der Waals surface area contributed by atoms with E-state index in [1.165, 1.54) is 49.1 Å². The van der Waals surface area contributed by atoms with Crippen molar-refractivity contribution in [3.63, 3.8) is 0 Å². The lowest BCUT2D eigenvalue weighted by Crippen LogP contribution is -2.23. The van der Waals surface area contributed by atoms with Crippen molar-refractivity contribution in [1.29, 1.82) is 0 Å². The highest BCUT2D eigenvalue weighted by Gasteiger charge is 2.30. The monoisotopic (exact) mass is 373 g/mol. The number of carbonyl (C=O) groups is 1. The first-order valence-electron chi connectivity index (χ1n) is 7.85. The zero-order chi connectivity index (χ0) is 19.3. The third kappa shape index (κ3) is 5.00. The molecule has 138 valence electrons. The summed E-state index contributed by atoms with van der Waals surface area (Å²) < 4.78 is 38.2. The number of alkyl halides is 3. The topological polar surface area (TPSA) is 79.8 Å². The molecule has 1 aromatic carbocycles. The Kier molecular flexibility index (Phi) is 5.30. The van der Waals surface area contributed by atoms with Gasteiger partial charge in [0.1, 0.15) is 11.6 Å². The van der Waals surface area contributed by atoms with Gasteiger partial charge in [0.2, 0.25) is 0 Å². The Bertz CT molecular complexity index is 932. The number of hydrogen-bond acceptors (Lipinski definition) is 5. The van der Waals surface area contributed by atoms with Gasteiger partial charge in [-0.3, -0.25) is 9.78 Å². The number of anilines is 2. The minimum absolute atomic E-state index is 0.0298. The molecule has 6 nitrogen and oxygen atoms in total. The predicted molar refractivity (Wildman–Crippen MR) is 92.2 cm³/mol. The van der Waals surface area contributed by atoms with Gasteiger partial charge in [0, 0.05) is 30.7 Å². The van der Waals surface area contributed by atoms with E-state index >= 15 is 0 Å². The van der Waals surface area contributed by atoms with Crippen molar-refractivity contribution in [3.8, 4) is 0 Å². The number of aromatic nitrogens is 3. The highest BCUT2D eigenvalue weighted by Crippen LogP contribution is 2.29. The Morgan fingerprint density at radius 2 is 1.81 bits per heavy atom. The molecule has 0 bridgehead atoms. The number of benzene rings is 1. The van der Waals surface area contributed by atoms with Crippen molar-refractivity contribution < 1.29 is 18.0 Å². The normalized spacial score (nSPS) is 11.1. The summed E-state index contributed by atoms with van der Waals surface area (Å²) in [5.41, 5.74) is -0.0953. The Balaban J connectivity index is 1.66. The van der Waals surface area contributed by atoms with E-state index in [1.54, 1.807) is 0 Å². The second-order valence-corrected chi connectivity index (χ2v) is 5.53. The van der Waals surface area contributed by atoms with Gasteiger partial charge in [0.05, 0.1) is 11.8 Å². The van der Waals surface area contributed by atoms with Crippen LogP contribution in [-0.2, 0) is 12.7 Å². The molecule has 0 saturated carbocycles. The molecule has 1 amide bonds. The van der Waals surface area contributed by atoms with Gasteiger partial charge in [0.15, 0.2) is 0 Å². The quantitative estimate of drug-likeness (QED) is 0.715. The van der Waals surface area contributed by atoms with E-state index in [-0.39, 0.29) is 6.54 Å². The second kappa shape index (κ2) is 7.81. The number of halogens is 3. The zero-order valence-corrected chi connectivity index (χ0v) is 13.9. The SMILES string of the molecule is O=C(NCc1cccc(C(F)(F)F)c1)c1ccnc(Nc2cnccn2)c1. The third-order valence-corrected chi connectivity index (χ3v) is 3.55. The van der Waals surface area contributed by atoms with E-state index in [1.807, 2.05) is 0 Å². The Morgan fingerprint density at radius 1 is 1.00 bits per heavy atom. The first kappa shape index (κ1) is 18.3. The average molecular weight is 373 g/mol. The fourth-order valence-corrected chi connectivity index (χ4v) is 2.28. The van der Waals surface area contributed by atoms with Crippen LogP contribution in [0.5, 0.6) is 0 Å². The lowest BCUT2D eigenvalue weighted by atomic mass is 10.1. The highest BCUT2D eigenvalue weighted by atomic mass is 19.4. The number of rotatable bonds is 5. The van der Waals surface area contributed by atoms with E-state index in [2.05, 4.69) is 25.6 Å². The van der Waals surface area contributed by atoms with Crippen molar-refractivity contribution in [2.24, 2.45) is 0 Å². The van der Waals surface area contributed by atoms with Crippen LogP contribution in [-0.4, -0.2) is 20.9 Å². The molecule has 0 saturated heterocycles. The molecular formula is C18H14F3N5O. The molecule has 0 radical (unpaired) electrons. The minimum atomic E-state index is -4.42. The smallest absolute Gasteiger partial charge is 0.348 e. The summed E-state index contributed by atoms with van der Waals surface area (Å²) in [4.78, 5) is 24.3. The number of hydrogen-bond donors (Lipinski definition) is 2. The standard InChI is InChI=1S/C18H14F3N5O/c19-18(20,21)14-3-1-2-12(8-14)10-25-17(27)13-4-5-23-15(9-13)26-16-11-22-6-7-24-16/h1-9,11H,10H2,(H,25,27)(H,23,24,26). The van der Waals surface area contributed by atoms with Gasteiger partial charge in [0.25, 0.3) is 5.91 Å². The number of carbonyl (C=O) groups excluding carboxylic acids is 1. The molecule has 0 aliphatic carbocycles. The van der Waals surface area contributed by atoms with Crippen LogP contribution < -0.4 is 10.6 Å².